The van der Waals surface area contributed by atoms with E-state index in [0.29, 0.717) is 30.9 Å². The molecule has 108 valence electrons. The number of halogens is 2. The third-order valence-corrected chi connectivity index (χ3v) is 4.10. The third-order valence-electron chi connectivity index (χ3n) is 4.10. The average Bonchev–Trinajstić information content (AvgIpc) is 3.04. The summed E-state index contributed by atoms with van der Waals surface area (Å²) in [5, 5.41) is 0. The molecule has 0 radical (unpaired) electrons. The van der Waals surface area contributed by atoms with Gasteiger partial charge < -0.3 is 5.73 Å². The Morgan fingerprint density at radius 2 is 2.32 bits per heavy atom. The average molecular weight is 272 g/mol. The molecular formula is C13H22F2N4. The normalized spacial score (nSPS) is 23.7. The summed E-state index contributed by atoms with van der Waals surface area (Å²) in [4.78, 5) is 6.29. The summed E-state index contributed by atoms with van der Waals surface area (Å²) in [6.45, 7) is 1.50. The maximum Gasteiger partial charge on any atom is 0.319 e. The Morgan fingerprint density at radius 3 is 2.95 bits per heavy atom. The highest BCUT2D eigenvalue weighted by Gasteiger charge is 2.31. The second kappa shape index (κ2) is 6.43. The molecule has 0 spiro atoms. The van der Waals surface area contributed by atoms with E-state index in [9.17, 15) is 8.78 Å². The Morgan fingerprint density at radius 1 is 1.53 bits per heavy atom. The van der Waals surface area contributed by atoms with E-state index in [1.54, 1.807) is 0 Å². The minimum atomic E-state index is -2.52. The van der Waals surface area contributed by atoms with Crippen LogP contribution in [0.4, 0.5) is 8.78 Å². The van der Waals surface area contributed by atoms with Crippen molar-refractivity contribution in [3.8, 4) is 0 Å². The van der Waals surface area contributed by atoms with Gasteiger partial charge in [-0.05, 0) is 31.8 Å². The minimum absolute atomic E-state index is 0.401. The number of alkyl halides is 2. The fourth-order valence-electron chi connectivity index (χ4n) is 3.06. The van der Waals surface area contributed by atoms with Gasteiger partial charge in [-0.15, -0.1) is 0 Å². The Labute approximate surface area is 112 Å². The van der Waals surface area contributed by atoms with Crippen molar-refractivity contribution in [3.05, 3.63) is 18.2 Å². The third kappa shape index (κ3) is 3.12. The summed E-state index contributed by atoms with van der Waals surface area (Å²) in [7, 11) is 0. The van der Waals surface area contributed by atoms with Crippen LogP contribution in [0, 0.1) is 5.92 Å². The van der Waals surface area contributed by atoms with Gasteiger partial charge in [-0.2, -0.15) is 8.78 Å². The Hall–Kier alpha value is -1.01. The molecule has 0 aliphatic heterocycles. The van der Waals surface area contributed by atoms with E-state index in [1.165, 1.54) is 18.8 Å². The maximum atomic E-state index is 12.8. The van der Waals surface area contributed by atoms with E-state index in [-0.39, 0.29) is 0 Å². The molecule has 1 aromatic rings. The van der Waals surface area contributed by atoms with Gasteiger partial charge in [0.15, 0.2) is 0 Å². The van der Waals surface area contributed by atoms with E-state index >= 15 is 0 Å². The van der Waals surface area contributed by atoms with Crippen molar-refractivity contribution in [1.82, 2.24) is 14.5 Å². The second-order valence-corrected chi connectivity index (χ2v) is 5.09. The first-order valence-electron chi connectivity index (χ1n) is 6.91. The van der Waals surface area contributed by atoms with Crippen molar-refractivity contribution in [1.29, 1.82) is 0 Å². The second-order valence-electron chi connectivity index (χ2n) is 5.09. The van der Waals surface area contributed by atoms with E-state index < -0.39 is 6.55 Å². The molecule has 1 aliphatic rings. The number of aromatic nitrogens is 2. The molecule has 2 unspecified atom stereocenters. The fourth-order valence-corrected chi connectivity index (χ4v) is 3.06. The maximum absolute atomic E-state index is 12.8. The molecule has 1 heterocycles. The van der Waals surface area contributed by atoms with E-state index in [0.717, 1.165) is 24.0 Å². The zero-order valence-corrected chi connectivity index (χ0v) is 11.3. The van der Waals surface area contributed by atoms with Crippen LogP contribution in [-0.4, -0.2) is 33.6 Å². The SMILES string of the molecule is CCN(Cc1nccn1C(F)F)C1CCCC1CN. The smallest absolute Gasteiger partial charge is 0.319 e. The standard InChI is InChI=1S/C13H22F2N4/c1-2-18(11-5-3-4-10(11)8-16)9-12-17-6-7-19(12)13(14)15/h6-7,10-11,13H,2-5,8-9,16H2,1H3. The molecule has 0 saturated heterocycles. The monoisotopic (exact) mass is 272 g/mol. The quantitative estimate of drug-likeness (QED) is 0.864. The summed E-state index contributed by atoms with van der Waals surface area (Å²) in [5.41, 5.74) is 5.80. The Bertz CT molecular complexity index is 394. The number of hydrogen-bond acceptors (Lipinski definition) is 3. The minimum Gasteiger partial charge on any atom is -0.330 e. The fraction of sp³-hybridized carbons (Fsp3) is 0.769. The molecule has 6 heteroatoms. The number of hydrogen-bond donors (Lipinski definition) is 1. The van der Waals surface area contributed by atoms with Gasteiger partial charge in [0, 0.05) is 18.4 Å². The highest BCUT2D eigenvalue weighted by molar-refractivity contribution is 4.95. The summed E-state index contributed by atoms with van der Waals surface area (Å²) in [6, 6.07) is 0.401. The predicted molar refractivity (Wildman–Crippen MR) is 69.7 cm³/mol. The molecule has 0 aromatic carbocycles. The molecule has 1 saturated carbocycles. The van der Waals surface area contributed by atoms with Crippen molar-refractivity contribution in [2.24, 2.45) is 11.7 Å². The number of rotatable bonds is 6. The summed E-state index contributed by atoms with van der Waals surface area (Å²) in [6.07, 6.45) is 6.19. The van der Waals surface area contributed by atoms with Crippen LogP contribution in [0.15, 0.2) is 12.4 Å². The van der Waals surface area contributed by atoms with Gasteiger partial charge in [0.2, 0.25) is 0 Å². The van der Waals surface area contributed by atoms with Gasteiger partial charge in [-0.1, -0.05) is 13.3 Å². The molecule has 1 aliphatic carbocycles. The predicted octanol–water partition coefficient (Wildman–Crippen LogP) is 2.23. The molecule has 1 aromatic heterocycles. The van der Waals surface area contributed by atoms with Crippen LogP contribution in [0.3, 0.4) is 0 Å². The molecular weight excluding hydrogens is 250 g/mol. The Balaban J connectivity index is 2.08. The number of imidazole rings is 1. The van der Waals surface area contributed by atoms with Crippen molar-refractivity contribution in [2.75, 3.05) is 13.1 Å². The van der Waals surface area contributed by atoms with Crippen LogP contribution < -0.4 is 5.73 Å². The zero-order chi connectivity index (χ0) is 13.8. The van der Waals surface area contributed by atoms with Crippen LogP contribution in [0.1, 0.15) is 38.6 Å². The highest BCUT2D eigenvalue weighted by Crippen LogP contribution is 2.30. The van der Waals surface area contributed by atoms with Crippen LogP contribution in [0.2, 0.25) is 0 Å². The van der Waals surface area contributed by atoms with Crippen molar-refractivity contribution >= 4 is 0 Å². The zero-order valence-electron chi connectivity index (χ0n) is 11.3. The van der Waals surface area contributed by atoms with Gasteiger partial charge in [0.25, 0.3) is 0 Å². The highest BCUT2D eigenvalue weighted by atomic mass is 19.3. The summed E-state index contributed by atoms with van der Waals surface area (Å²) in [5.74, 6) is 0.912. The lowest BCUT2D eigenvalue weighted by atomic mass is 10.0. The number of nitrogens with zero attached hydrogens (tertiary/aromatic N) is 3. The van der Waals surface area contributed by atoms with Crippen LogP contribution in [0.5, 0.6) is 0 Å². The molecule has 0 amide bonds. The van der Waals surface area contributed by atoms with Crippen LogP contribution in [0.25, 0.3) is 0 Å². The molecule has 0 bridgehead atoms. The lowest BCUT2D eigenvalue weighted by molar-refractivity contribution is 0.0611. The van der Waals surface area contributed by atoms with Crippen LogP contribution in [-0.2, 0) is 6.54 Å². The lowest BCUT2D eigenvalue weighted by Gasteiger charge is -2.31. The first-order valence-corrected chi connectivity index (χ1v) is 6.91. The molecule has 2 atom stereocenters. The van der Waals surface area contributed by atoms with Crippen molar-refractivity contribution in [2.45, 2.75) is 45.3 Å². The van der Waals surface area contributed by atoms with Crippen molar-refractivity contribution < 1.29 is 8.78 Å². The number of nitrogens with two attached hydrogens (primary N) is 1. The molecule has 2 N–H and O–H groups in total. The van der Waals surface area contributed by atoms with E-state index in [1.807, 2.05) is 0 Å². The van der Waals surface area contributed by atoms with E-state index in [2.05, 4.69) is 16.8 Å². The van der Waals surface area contributed by atoms with Gasteiger partial charge in [0.05, 0.1) is 6.54 Å². The molecule has 2 rings (SSSR count). The first kappa shape index (κ1) is 14.4. The largest absolute Gasteiger partial charge is 0.330 e. The molecule has 19 heavy (non-hydrogen) atoms. The lowest BCUT2D eigenvalue weighted by Crippen LogP contribution is -2.40. The van der Waals surface area contributed by atoms with E-state index in [4.69, 9.17) is 5.73 Å². The van der Waals surface area contributed by atoms with Gasteiger partial charge in [0.1, 0.15) is 5.82 Å². The topological polar surface area (TPSA) is 47.1 Å². The van der Waals surface area contributed by atoms with Gasteiger partial charge in [-0.3, -0.25) is 9.47 Å². The Kier molecular flexibility index (Phi) is 4.87. The van der Waals surface area contributed by atoms with Gasteiger partial charge in [-0.25, -0.2) is 4.98 Å². The van der Waals surface area contributed by atoms with Crippen LogP contribution >= 0.6 is 0 Å². The first-order chi connectivity index (χ1) is 9.17. The summed E-state index contributed by atoms with van der Waals surface area (Å²) >= 11 is 0. The molecule has 1 fully saturated rings. The molecule has 4 nitrogen and oxygen atoms in total. The van der Waals surface area contributed by atoms with Crippen molar-refractivity contribution in [3.63, 3.8) is 0 Å². The van der Waals surface area contributed by atoms with Gasteiger partial charge >= 0.3 is 6.55 Å². The summed E-state index contributed by atoms with van der Waals surface area (Å²) < 4.78 is 26.6.